The minimum absolute atomic E-state index is 0. The van der Waals surface area contributed by atoms with Crippen molar-refractivity contribution < 1.29 is 0 Å². The summed E-state index contributed by atoms with van der Waals surface area (Å²) in [6.07, 6.45) is 3.93. The van der Waals surface area contributed by atoms with Crippen molar-refractivity contribution in [2.45, 2.75) is 25.4 Å². The molecule has 0 amide bonds. The summed E-state index contributed by atoms with van der Waals surface area (Å²) in [5, 5.41) is 15.8. The number of benzene rings is 1. The van der Waals surface area contributed by atoms with Crippen molar-refractivity contribution in [2.75, 3.05) is 25.0 Å². The van der Waals surface area contributed by atoms with Crippen LogP contribution in [0.5, 0.6) is 0 Å². The van der Waals surface area contributed by atoms with E-state index in [1.165, 1.54) is 0 Å². The van der Waals surface area contributed by atoms with E-state index in [9.17, 15) is 0 Å². The highest BCUT2D eigenvalue weighted by Gasteiger charge is 2.20. The van der Waals surface area contributed by atoms with Gasteiger partial charge in [-0.3, -0.25) is 4.99 Å². The van der Waals surface area contributed by atoms with Gasteiger partial charge in [-0.2, -0.15) is 5.26 Å². The van der Waals surface area contributed by atoms with Crippen LogP contribution >= 0.6 is 24.0 Å². The van der Waals surface area contributed by atoms with Gasteiger partial charge >= 0.3 is 0 Å². The molecule has 2 N–H and O–H groups in total. The lowest BCUT2D eigenvalue weighted by Gasteiger charge is -2.33. The van der Waals surface area contributed by atoms with E-state index in [-0.39, 0.29) is 24.0 Å². The zero-order valence-corrected chi connectivity index (χ0v) is 17.8. The van der Waals surface area contributed by atoms with E-state index in [1.807, 2.05) is 42.6 Å². The van der Waals surface area contributed by atoms with Crippen LogP contribution in [0, 0.1) is 11.3 Å². The molecule has 142 valence electrons. The second-order valence-corrected chi connectivity index (χ2v) is 6.33. The van der Waals surface area contributed by atoms with Crippen LogP contribution in [-0.2, 0) is 6.54 Å². The van der Waals surface area contributed by atoms with Gasteiger partial charge in [-0.25, -0.2) is 4.98 Å². The molecule has 1 aliphatic heterocycles. The Morgan fingerprint density at radius 2 is 2.07 bits per heavy atom. The van der Waals surface area contributed by atoms with Gasteiger partial charge in [0.05, 0.1) is 11.6 Å². The van der Waals surface area contributed by atoms with Crippen LogP contribution in [0.2, 0.25) is 0 Å². The van der Waals surface area contributed by atoms with E-state index in [4.69, 9.17) is 5.26 Å². The summed E-state index contributed by atoms with van der Waals surface area (Å²) in [7, 11) is 1.78. The summed E-state index contributed by atoms with van der Waals surface area (Å²) in [6, 6.07) is 16.2. The molecule has 1 saturated heterocycles. The molecular formula is C20H25IN6. The number of rotatable bonds is 4. The van der Waals surface area contributed by atoms with E-state index < -0.39 is 0 Å². The molecule has 6 nitrogen and oxygen atoms in total. The molecule has 0 spiro atoms. The fourth-order valence-electron chi connectivity index (χ4n) is 3.12. The third-order valence-electron chi connectivity index (χ3n) is 4.55. The summed E-state index contributed by atoms with van der Waals surface area (Å²) in [5.41, 5.74) is 1.74. The minimum atomic E-state index is 0. The molecule has 7 heteroatoms. The number of aromatic nitrogens is 1. The summed E-state index contributed by atoms with van der Waals surface area (Å²) in [4.78, 5) is 11.1. The van der Waals surface area contributed by atoms with E-state index in [0.29, 0.717) is 18.2 Å². The highest BCUT2D eigenvalue weighted by Crippen LogP contribution is 2.17. The largest absolute Gasteiger partial charge is 0.356 e. The van der Waals surface area contributed by atoms with Crippen LogP contribution in [0.4, 0.5) is 5.82 Å². The van der Waals surface area contributed by atoms with Crippen LogP contribution in [0.25, 0.3) is 0 Å². The Kier molecular flexibility index (Phi) is 8.33. The molecule has 0 saturated carbocycles. The highest BCUT2D eigenvalue weighted by atomic mass is 127. The van der Waals surface area contributed by atoms with Crippen LogP contribution < -0.4 is 15.5 Å². The first kappa shape index (κ1) is 21.0. The van der Waals surface area contributed by atoms with Gasteiger partial charge in [0.2, 0.25) is 0 Å². The molecule has 0 unspecified atom stereocenters. The predicted octanol–water partition coefficient (Wildman–Crippen LogP) is 2.91. The van der Waals surface area contributed by atoms with Gasteiger partial charge in [0.1, 0.15) is 5.82 Å². The SMILES string of the molecule is CN=C(NCc1cccc(C#N)c1)NC1CCN(c2ccccn2)CC1.I. The predicted molar refractivity (Wildman–Crippen MR) is 119 cm³/mol. The Hall–Kier alpha value is -2.34. The highest BCUT2D eigenvalue weighted by molar-refractivity contribution is 14.0. The lowest BCUT2D eigenvalue weighted by atomic mass is 10.1. The second-order valence-electron chi connectivity index (χ2n) is 6.33. The minimum Gasteiger partial charge on any atom is -0.356 e. The van der Waals surface area contributed by atoms with E-state index in [1.54, 1.807) is 7.05 Å². The van der Waals surface area contributed by atoms with Gasteiger partial charge in [0.15, 0.2) is 5.96 Å². The van der Waals surface area contributed by atoms with Crippen molar-refractivity contribution in [2.24, 2.45) is 4.99 Å². The quantitative estimate of drug-likeness (QED) is 0.403. The maximum atomic E-state index is 8.99. The molecule has 2 aromatic rings. The van der Waals surface area contributed by atoms with Crippen LogP contribution in [0.15, 0.2) is 53.7 Å². The Labute approximate surface area is 177 Å². The molecule has 3 rings (SSSR count). The molecule has 2 heterocycles. The monoisotopic (exact) mass is 476 g/mol. The Bertz CT molecular complexity index is 779. The van der Waals surface area contributed by atoms with Crippen molar-refractivity contribution in [1.29, 1.82) is 5.26 Å². The molecule has 0 aliphatic carbocycles. The molecule has 0 bridgehead atoms. The average Bonchev–Trinajstić information content (AvgIpc) is 2.72. The molecule has 1 aliphatic rings. The number of hydrogen-bond donors (Lipinski definition) is 2. The molecule has 1 fully saturated rings. The van der Waals surface area contributed by atoms with Crippen molar-refractivity contribution in [3.05, 3.63) is 59.8 Å². The zero-order valence-electron chi connectivity index (χ0n) is 15.4. The van der Waals surface area contributed by atoms with Crippen LogP contribution in [-0.4, -0.2) is 37.1 Å². The summed E-state index contributed by atoms with van der Waals surface area (Å²) in [6.45, 7) is 2.60. The Morgan fingerprint density at radius 3 is 2.74 bits per heavy atom. The summed E-state index contributed by atoms with van der Waals surface area (Å²) in [5.74, 6) is 1.84. The Morgan fingerprint density at radius 1 is 1.26 bits per heavy atom. The lowest BCUT2D eigenvalue weighted by molar-refractivity contribution is 0.459. The average molecular weight is 476 g/mol. The zero-order chi connectivity index (χ0) is 18.2. The van der Waals surface area contributed by atoms with Crippen molar-refractivity contribution in [3.63, 3.8) is 0 Å². The van der Waals surface area contributed by atoms with Crippen molar-refractivity contribution in [3.8, 4) is 6.07 Å². The van der Waals surface area contributed by atoms with Crippen molar-refractivity contribution >= 4 is 35.8 Å². The standard InChI is InChI=1S/C20H24N6.HI/c1-22-20(24-15-17-6-4-5-16(13-17)14-21)25-18-8-11-26(12-9-18)19-7-2-3-10-23-19;/h2-7,10,13,18H,8-9,11-12,15H2,1H3,(H2,22,24,25);1H. The Balaban J connectivity index is 0.00000261. The number of piperidine rings is 1. The van der Waals surface area contributed by atoms with Gasteiger partial charge in [-0.05, 0) is 42.7 Å². The first-order valence-corrected chi connectivity index (χ1v) is 8.90. The summed E-state index contributed by atoms with van der Waals surface area (Å²) < 4.78 is 0. The number of nitrogens with one attached hydrogen (secondary N) is 2. The lowest BCUT2D eigenvalue weighted by Crippen LogP contribution is -2.48. The second kappa shape index (κ2) is 10.7. The normalized spacial score (nSPS) is 14.8. The topological polar surface area (TPSA) is 76.3 Å². The third kappa shape index (κ3) is 6.10. The number of nitrogens with zero attached hydrogens (tertiary/aromatic N) is 4. The fourth-order valence-corrected chi connectivity index (χ4v) is 3.12. The first-order chi connectivity index (χ1) is 12.8. The third-order valence-corrected chi connectivity index (χ3v) is 4.55. The number of guanidine groups is 1. The maximum Gasteiger partial charge on any atom is 0.191 e. The molecule has 1 aromatic carbocycles. The molecule has 0 radical (unpaired) electrons. The number of hydrogen-bond acceptors (Lipinski definition) is 4. The summed E-state index contributed by atoms with van der Waals surface area (Å²) >= 11 is 0. The van der Waals surface area contributed by atoms with Crippen LogP contribution in [0.3, 0.4) is 0 Å². The van der Waals surface area contributed by atoms with E-state index in [0.717, 1.165) is 43.3 Å². The number of anilines is 1. The maximum absolute atomic E-state index is 8.99. The first-order valence-electron chi connectivity index (χ1n) is 8.90. The molecule has 0 atom stereocenters. The van der Waals surface area contributed by atoms with E-state index in [2.05, 4.69) is 37.6 Å². The number of halogens is 1. The van der Waals surface area contributed by atoms with Gasteiger partial charge in [0, 0.05) is 38.9 Å². The smallest absolute Gasteiger partial charge is 0.191 e. The number of pyridine rings is 1. The molecule has 1 aromatic heterocycles. The van der Waals surface area contributed by atoms with Gasteiger partial charge in [-0.15, -0.1) is 24.0 Å². The van der Waals surface area contributed by atoms with Gasteiger partial charge < -0.3 is 15.5 Å². The number of aliphatic imine (C=N–C) groups is 1. The fraction of sp³-hybridized carbons (Fsp3) is 0.350. The van der Waals surface area contributed by atoms with Crippen LogP contribution in [0.1, 0.15) is 24.0 Å². The van der Waals surface area contributed by atoms with Crippen molar-refractivity contribution in [1.82, 2.24) is 15.6 Å². The molecular weight excluding hydrogens is 451 g/mol. The van der Waals surface area contributed by atoms with Gasteiger partial charge in [-0.1, -0.05) is 18.2 Å². The number of nitriles is 1. The van der Waals surface area contributed by atoms with Gasteiger partial charge in [0.25, 0.3) is 0 Å². The molecule has 27 heavy (non-hydrogen) atoms. The van der Waals surface area contributed by atoms with E-state index >= 15 is 0 Å².